The quantitative estimate of drug-likeness (QED) is 0.741. The molecule has 22 heavy (non-hydrogen) atoms. The van der Waals surface area contributed by atoms with Gasteiger partial charge in [0.25, 0.3) is 11.8 Å². The molecule has 1 aromatic heterocycles. The second kappa shape index (κ2) is 7.42. The summed E-state index contributed by atoms with van der Waals surface area (Å²) in [5, 5.41) is 7.22. The lowest BCUT2D eigenvalue weighted by Crippen LogP contribution is -2.86. The summed E-state index contributed by atoms with van der Waals surface area (Å²) >= 11 is 0. The average molecular weight is 302 g/mol. The highest BCUT2D eigenvalue weighted by Crippen LogP contribution is 2.10. The number of quaternary nitrogens is 1. The van der Waals surface area contributed by atoms with Gasteiger partial charge in [0, 0.05) is 18.3 Å². The first-order chi connectivity index (χ1) is 10.6. The fourth-order valence-corrected chi connectivity index (χ4v) is 2.04. The van der Waals surface area contributed by atoms with Crippen LogP contribution in [-0.4, -0.2) is 25.4 Å². The van der Waals surface area contributed by atoms with E-state index in [0.29, 0.717) is 11.3 Å². The van der Waals surface area contributed by atoms with E-state index in [2.05, 4.69) is 10.6 Å². The molecular formula is C16H20N3O3+. The topological polar surface area (TPSA) is 88.0 Å². The molecule has 1 atom stereocenters. The maximum absolute atomic E-state index is 12.0. The molecule has 0 fully saturated rings. The molecule has 6 heteroatoms. The highest BCUT2D eigenvalue weighted by Gasteiger charge is 2.14. The van der Waals surface area contributed by atoms with Gasteiger partial charge < -0.3 is 20.4 Å². The Labute approximate surface area is 128 Å². The van der Waals surface area contributed by atoms with E-state index in [9.17, 15) is 9.59 Å². The molecule has 1 aromatic carbocycles. The Morgan fingerprint density at radius 1 is 1.27 bits per heavy atom. The minimum Gasteiger partial charge on any atom is -0.463 e. The Kier molecular flexibility index (Phi) is 5.32. The third-order valence-electron chi connectivity index (χ3n) is 3.28. The van der Waals surface area contributed by atoms with Crippen LogP contribution < -0.4 is 16.0 Å². The molecule has 0 aliphatic carbocycles. The van der Waals surface area contributed by atoms with Crippen LogP contribution in [0.1, 0.15) is 29.1 Å². The number of furan rings is 1. The predicted molar refractivity (Wildman–Crippen MR) is 82.4 cm³/mol. The van der Waals surface area contributed by atoms with Gasteiger partial charge in [-0.3, -0.25) is 9.59 Å². The van der Waals surface area contributed by atoms with Gasteiger partial charge in [-0.1, -0.05) is 6.07 Å². The first-order valence-corrected chi connectivity index (χ1v) is 7.09. The van der Waals surface area contributed by atoms with Gasteiger partial charge in [0.1, 0.15) is 6.04 Å². The van der Waals surface area contributed by atoms with Crippen LogP contribution in [0.15, 0.2) is 47.1 Å². The largest absolute Gasteiger partial charge is 0.463 e. The van der Waals surface area contributed by atoms with Gasteiger partial charge in [-0.2, -0.15) is 0 Å². The van der Waals surface area contributed by atoms with E-state index in [1.807, 2.05) is 24.4 Å². The van der Waals surface area contributed by atoms with E-state index < -0.39 is 0 Å². The maximum atomic E-state index is 12.0. The first-order valence-electron chi connectivity index (χ1n) is 7.09. The highest BCUT2D eigenvalue weighted by molar-refractivity contribution is 5.97. The summed E-state index contributed by atoms with van der Waals surface area (Å²) in [6.45, 7) is 2.24. The molecule has 0 spiro atoms. The number of nitrogens with one attached hydrogen (secondary N) is 2. The van der Waals surface area contributed by atoms with Crippen LogP contribution in [0.25, 0.3) is 0 Å². The Morgan fingerprint density at radius 3 is 2.77 bits per heavy atom. The summed E-state index contributed by atoms with van der Waals surface area (Å²) in [7, 11) is 1.57. The molecule has 1 heterocycles. The molecular weight excluding hydrogens is 282 g/mol. The number of carbonyl (C=O) groups is 2. The van der Waals surface area contributed by atoms with Crippen molar-refractivity contribution in [3.05, 3.63) is 54.0 Å². The van der Waals surface area contributed by atoms with Crippen molar-refractivity contribution in [2.24, 2.45) is 0 Å². The van der Waals surface area contributed by atoms with Crippen molar-refractivity contribution in [1.29, 1.82) is 0 Å². The molecule has 4 N–H and O–H groups in total. The highest BCUT2D eigenvalue weighted by atomic mass is 16.3. The lowest BCUT2D eigenvalue weighted by Gasteiger charge is -2.09. The Hall–Kier alpha value is -2.60. The SMILES string of the molecule is CNC(=O)c1cccc(NC(=O)C[NH2+][C@@H](C)c2ccco2)c1. The molecule has 0 saturated heterocycles. The van der Waals surface area contributed by atoms with Crippen molar-refractivity contribution in [1.82, 2.24) is 5.32 Å². The molecule has 2 amide bonds. The van der Waals surface area contributed by atoms with Gasteiger partial charge in [0.15, 0.2) is 12.3 Å². The summed E-state index contributed by atoms with van der Waals surface area (Å²) in [5.41, 5.74) is 1.11. The van der Waals surface area contributed by atoms with Crippen molar-refractivity contribution in [2.75, 3.05) is 18.9 Å². The number of hydrogen-bond acceptors (Lipinski definition) is 3. The molecule has 0 aliphatic heterocycles. The second-order valence-electron chi connectivity index (χ2n) is 4.95. The van der Waals surface area contributed by atoms with Crippen LogP contribution >= 0.6 is 0 Å². The summed E-state index contributed by atoms with van der Waals surface area (Å²) < 4.78 is 5.29. The van der Waals surface area contributed by atoms with Crippen LogP contribution in [0.3, 0.4) is 0 Å². The third kappa shape index (κ3) is 4.20. The van der Waals surface area contributed by atoms with Gasteiger partial charge in [0.05, 0.1) is 6.26 Å². The normalized spacial score (nSPS) is 11.7. The molecule has 0 radical (unpaired) electrons. The number of amides is 2. The average Bonchev–Trinajstić information content (AvgIpc) is 3.06. The van der Waals surface area contributed by atoms with Gasteiger partial charge in [-0.25, -0.2) is 0 Å². The first kappa shape index (κ1) is 15.8. The van der Waals surface area contributed by atoms with Crippen LogP contribution in [0.2, 0.25) is 0 Å². The van der Waals surface area contributed by atoms with E-state index in [-0.39, 0.29) is 24.4 Å². The number of anilines is 1. The fraction of sp³-hybridized carbons (Fsp3) is 0.250. The molecule has 2 aromatic rings. The Bertz CT molecular complexity index is 638. The van der Waals surface area contributed by atoms with Crippen molar-refractivity contribution in [3.63, 3.8) is 0 Å². The van der Waals surface area contributed by atoms with Gasteiger partial charge >= 0.3 is 0 Å². The maximum Gasteiger partial charge on any atom is 0.279 e. The van der Waals surface area contributed by atoms with E-state index in [1.54, 1.807) is 37.6 Å². The Morgan fingerprint density at radius 2 is 2.09 bits per heavy atom. The van der Waals surface area contributed by atoms with E-state index >= 15 is 0 Å². The zero-order valence-electron chi connectivity index (χ0n) is 12.6. The number of benzene rings is 1. The monoisotopic (exact) mass is 302 g/mol. The molecule has 0 bridgehead atoms. The van der Waals surface area contributed by atoms with Crippen LogP contribution in [0.4, 0.5) is 5.69 Å². The predicted octanol–water partition coefficient (Wildman–Crippen LogP) is 0.902. The van der Waals surface area contributed by atoms with Crippen molar-refractivity contribution >= 4 is 17.5 Å². The lowest BCUT2D eigenvalue weighted by atomic mass is 10.2. The molecule has 2 rings (SSSR count). The summed E-state index contributed by atoms with van der Waals surface area (Å²) in [4.78, 5) is 23.5. The second-order valence-corrected chi connectivity index (χ2v) is 4.95. The van der Waals surface area contributed by atoms with E-state index in [1.165, 1.54) is 0 Å². The molecule has 0 saturated carbocycles. The van der Waals surface area contributed by atoms with Crippen molar-refractivity contribution < 1.29 is 19.3 Å². The summed E-state index contributed by atoms with van der Waals surface area (Å²) in [5.74, 6) is 0.510. The Balaban J connectivity index is 1.88. The van der Waals surface area contributed by atoms with Gasteiger partial charge in [-0.15, -0.1) is 0 Å². The lowest BCUT2D eigenvalue weighted by molar-refractivity contribution is -0.684. The number of carbonyl (C=O) groups excluding carboxylic acids is 2. The molecule has 0 unspecified atom stereocenters. The van der Waals surface area contributed by atoms with Crippen molar-refractivity contribution in [3.8, 4) is 0 Å². The molecule has 6 nitrogen and oxygen atoms in total. The zero-order valence-corrected chi connectivity index (χ0v) is 12.6. The van der Waals surface area contributed by atoms with E-state index in [4.69, 9.17) is 4.42 Å². The standard InChI is InChI=1S/C16H19N3O3/c1-11(14-7-4-8-22-14)18-10-15(20)19-13-6-3-5-12(9-13)16(21)17-2/h3-9,11,18H,10H2,1-2H3,(H,17,21)(H,19,20)/p+1/t11-/m0/s1. The summed E-state index contributed by atoms with van der Waals surface area (Å²) in [6.07, 6.45) is 1.62. The molecule has 0 aliphatic rings. The number of rotatable bonds is 6. The van der Waals surface area contributed by atoms with E-state index in [0.717, 1.165) is 5.76 Å². The van der Waals surface area contributed by atoms with Crippen LogP contribution in [0, 0.1) is 0 Å². The zero-order chi connectivity index (χ0) is 15.9. The smallest absolute Gasteiger partial charge is 0.279 e. The minimum absolute atomic E-state index is 0.0675. The van der Waals surface area contributed by atoms with Crippen LogP contribution in [-0.2, 0) is 4.79 Å². The fourth-order valence-electron chi connectivity index (χ4n) is 2.04. The van der Waals surface area contributed by atoms with Crippen molar-refractivity contribution in [2.45, 2.75) is 13.0 Å². The minimum atomic E-state index is -0.186. The number of nitrogens with two attached hydrogens (primary N) is 1. The summed E-state index contributed by atoms with van der Waals surface area (Å²) in [6, 6.07) is 10.6. The van der Waals surface area contributed by atoms with Gasteiger partial charge in [-0.05, 0) is 37.3 Å². The third-order valence-corrected chi connectivity index (χ3v) is 3.28. The molecule has 116 valence electrons. The number of hydrogen-bond donors (Lipinski definition) is 3. The van der Waals surface area contributed by atoms with Crippen LogP contribution in [0.5, 0.6) is 0 Å². The van der Waals surface area contributed by atoms with Gasteiger partial charge in [0.2, 0.25) is 0 Å².